The van der Waals surface area contributed by atoms with Gasteiger partial charge in [-0.3, -0.25) is 4.90 Å². The number of ether oxygens (including phenoxy) is 1. The quantitative estimate of drug-likeness (QED) is 0.776. The molecule has 1 aromatic rings. The van der Waals surface area contributed by atoms with E-state index in [0.29, 0.717) is 12.1 Å². The second kappa shape index (κ2) is 7.26. The van der Waals surface area contributed by atoms with E-state index in [1.807, 2.05) is 0 Å². The Hall–Kier alpha value is -0.370. The van der Waals surface area contributed by atoms with Gasteiger partial charge in [0.1, 0.15) is 0 Å². The number of aromatic nitrogens is 2. The number of hydrogen-bond acceptors (Lipinski definition) is 7. The summed E-state index contributed by atoms with van der Waals surface area (Å²) in [6.45, 7) is 8.66. The van der Waals surface area contributed by atoms with Gasteiger partial charge in [-0.15, -0.1) is 10.2 Å². The molecule has 0 aromatic carbocycles. The molecule has 1 aliphatic carbocycles. The second-order valence-corrected chi connectivity index (χ2v) is 8.49. The van der Waals surface area contributed by atoms with Crippen LogP contribution in [0.15, 0.2) is 4.34 Å². The van der Waals surface area contributed by atoms with Gasteiger partial charge in [0.2, 0.25) is 5.13 Å². The van der Waals surface area contributed by atoms with Crippen LogP contribution in [-0.2, 0) is 4.74 Å². The number of morpholine rings is 1. The number of nitrogens with zero attached hydrogens (tertiary/aromatic N) is 3. The van der Waals surface area contributed by atoms with Gasteiger partial charge >= 0.3 is 0 Å². The van der Waals surface area contributed by atoms with Crippen LogP contribution in [0.4, 0.5) is 5.13 Å². The number of hydrogen-bond donors (Lipinski definition) is 1. The number of nitrogens with one attached hydrogen (secondary N) is 1. The number of thioether (sulfide) groups is 1. The molecule has 7 heteroatoms. The first kappa shape index (κ1) is 15.5. The normalized spacial score (nSPS) is 23.7. The van der Waals surface area contributed by atoms with E-state index in [4.69, 9.17) is 4.74 Å². The molecule has 1 atom stereocenters. The van der Waals surface area contributed by atoms with Crippen LogP contribution in [0.2, 0.25) is 0 Å². The van der Waals surface area contributed by atoms with Crippen LogP contribution in [0.3, 0.4) is 0 Å². The number of anilines is 1. The Balaban J connectivity index is 1.42. The molecule has 1 saturated heterocycles. The van der Waals surface area contributed by atoms with Crippen molar-refractivity contribution in [2.45, 2.75) is 43.2 Å². The third kappa shape index (κ3) is 5.09. The fourth-order valence-corrected chi connectivity index (χ4v) is 4.32. The van der Waals surface area contributed by atoms with Crippen molar-refractivity contribution in [3.63, 3.8) is 0 Å². The Kier molecular flexibility index (Phi) is 5.37. The van der Waals surface area contributed by atoms with Crippen molar-refractivity contribution < 1.29 is 4.74 Å². The average Bonchev–Trinajstić information content (AvgIpc) is 3.13. The van der Waals surface area contributed by atoms with Crippen LogP contribution in [0.5, 0.6) is 0 Å². The summed E-state index contributed by atoms with van der Waals surface area (Å²) in [5, 5.41) is 12.8. The Morgan fingerprint density at radius 2 is 2.29 bits per heavy atom. The summed E-state index contributed by atoms with van der Waals surface area (Å²) in [6, 6.07) is 0.641. The molecule has 3 rings (SSSR count). The van der Waals surface area contributed by atoms with Gasteiger partial charge in [0, 0.05) is 31.4 Å². The van der Waals surface area contributed by atoms with E-state index in [1.165, 1.54) is 19.4 Å². The average molecular weight is 329 g/mol. The maximum Gasteiger partial charge on any atom is 0.206 e. The minimum atomic E-state index is 0.311. The monoisotopic (exact) mass is 328 g/mol. The first-order valence-electron chi connectivity index (χ1n) is 7.76. The lowest BCUT2D eigenvalue weighted by Crippen LogP contribution is -2.44. The molecule has 1 aliphatic heterocycles. The van der Waals surface area contributed by atoms with Crippen molar-refractivity contribution in [2.75, 3.05) is 37.3 Å². The molecule has 0 spiro atoms. The van der Waals surface area contributed by atoms with Crippen LogP contribution in [0.1, 0.15) is 26.7 Å². The minimum Gasteiger partial charge on any atom is -0.375 e. The van der Waals surface area contributed by atoms with E-state index in [2.05, 4.69) is 34.3 Å². The second-order valence-electron chi connectivity index (χ2n) is 6.25. The Morgan fingerprint density at radius 1 is 1.43 bits per heavy atom. The zero-order valence-electron chi connectivity index (χ0n) is 12.7. The highest BCUT2D eigenvalue weighted by Crippen LogP contribution is 2.30. The van der Waals surface area contributed by atoms with Crippen LogP contribution >= 0.6 is 23.1 Å². The van der Waals surface area contributed by atoms with Crippen LogP contribution in [0, 0.1) is 5.92 Å². The van der Waals surface area contributed by atoms with Gasteiger partial charge in [-0.2, -0.15) is 0 Å². The molecule has 0 bridgehead atoms. The van der Waals surface area contributed by atoms with Crippen molar-refractivity contribution in [1.82, 2.24) is 15.1 Å². The van der Waals surface area contributed by atoms with Crippen molar-refractivity contribution in [2.24, 2.45) is 5.92 Å². The van der Waals surface area contributed by atoms with Crippen molar-refractivity contribution >= 4 is 28.2 Å². The molecule has 1 saturated carbocycles. The lowest BCUT2D eigenvalue weighted by atomic mass is 10.2. The van der Waals surface area contributed by atoms with E-state index < -0.39 is 0 Å². The van der Waals surface area contributed by atoms with Gasteiger partial charge in [-0.1, -0.05) is 36.9 Å². The van der Waals surface area contributed by atoms with E-state index in [1.54, 1.807) is 23.1 Å². The van der Waals surface area contributed by atoms with Gasteiger partial charge in [-0.05, 0) is 18.8 Å². The van der Waals surface area contributed by atoms with Crippen molar-refractivity contribution in [3.8, 4) is 0 Å². The molecule has 2 aliphatic rings. The summed E-state index contributed by atoms with van der Waals surface area (Å²) in [7, 11) is 0. The summed E-state index contributed by atoms with van der Waals surface area (Å²) in [5.41, 5.74) is 0. The standard InChI is InChI=1S/C14H24N4OS2/c1-10(2)7-18-5-6-19-12(8-18)9-20-14-17-16-13(21-14)15-11-3-4-11/h10-12H,3-9H2,1-2H3,(H,15,16)/t12-/m1/s1. The first-order chi connectivity index (χ1) is 10.2. The summed E-state index contributed by atoms with van der Waals surface area (Å²) < 4.78 is 6.92. The maximum atomic E-state index is 5.87. The third-order valence-corrected chi connectivity index (χ3v) is 5.67. The lowest BCUT2D eigenvalue weighted by Gasteiger charge is -2.33. The zero-order chi connectivity index (χ0) is 14.7. The molecule has 1 aromatic heterocycles. The van der Waals surface area contributed by atoms with Gasteiger partial charge in [0.25, 0.3) is 0 Å². The molecule has 118 valence electrons. The maximum absolute atomic E-state index is 5.87. The first-order valence-corrected chi connectivity index (χ1v) is 9.56. The Labute approximate surface area is 134 Å². The van der Waals surface area contributed by atoms with Crippen LogP contribution in [0.25, 0.3) is 0 Å². The highest BCUT2D eigenvalue weighted by atomic mass is 32.2. The molecule has 0 radical (unpaired) electrons. The van der Waals surface area contributed by atoms with Gasteiger partial charge < -0.3 is 10.1 Å². The van der Waals surface area contributed by atoms with Crippen molar-refractivity contribution in [1.29, 1.82) is 0 Å². The molecule has 2 fully saturated rings. The molecule has 21 heavy (non-hydrogen) atoms. The Bertz CT molecular complexity index is 450. The van der Waals surface area contributed by atoms with E-state index in [-0.39, 0.29) is 0 Å². The molecule has 0 unspecified atom stereocenters. The molecule has 1 N–H and O–H groups in total. The largest absolute Gasteiger partial charge is 0.375 e. The van der Waals surface area contributed by atoms with E-state index >= 15 is 0 Å². The van der Waals surface area contributed by atoms with E-state index in [0.717, 1.165) is 40.8 Å². The molecule has 2 heterocycles. The number of rotatable bonds is 7. The predicted molar refractivity (Wildman–Crippen MR) is 88.3 cm³/mol. The summed E-state index contributed by atoms with van der Waals surface area (Å²) >= 11 is 3.43. The smallest absolute Gasteiger partial charge is 0.206 e. The van der Waals surface area contributed by atoms with Gasteiger partial charge in [-0.25, -0.2) is 0 Å². The van der Waals surface area contributed by atoms with Crippen LogP contribution < -0.4 is 5.32 Å². The fourth-order valence-electron chi connectivity index (χ4n) is 2.46. The zero-order valence-corrected chi connectivity index (χ0v) is 14.4. The highest BCUT2D eigenvalue weighted by Gasteiger charge is 2.24. The van der Waals surface area contributed by atoms with Gasteiger partial charge in [0.05, 0.1) is 12.7 Å². The molecular weight excluding hydrogens is 304 g/mol. The summed E-state index contributed by atoms with van der Waals surface area (Å²) in [6.07, 6.45) is 2.85. The van der Waals surface area contributed by atoms with Crippen LogP contribution in [-0.4, -0.2) is 59.2 Å². The predicted octanol–water partition coefficient (Wildman–Crippen LogP) is 2.56. The van der Waals surface area contributed by atoms with Gasteiger partial charge in [0.15, 0.2) is 4.34 Å². The molecule has 0 amide bonds. The fraction of sp³-hybridized carbons (Fsp3) is 0.857. The molecule has 5 nitrogen and oxygen atoms in total. The highest BCUT2D eigenvalue weighted by molar-refractivity contribution is 8.01. The molecular formula is C14H24N4OS2. The topological polar surface area (TPSA) is 50.3 Å². The third-order valence-electron chi connectivity index (χ3n) is 3.55. The van der Waals surface area contributed by atoms with E-state index in [9.17, 15) is 0 Å². The lowest BCUT2D eigenvalue weighted by molar-refractivity contribution is -0.0191. The summed E-state index contributed by atoms with van der Waals surface area (Å²) in [5.74, 6) is 1.68. The SMILES string of the molecule is CC(C)CN1CCO[C@@H](CSc2nnc(NC3CC3)s2)C1. The Morgan fingerprint density at radius 3 is 3.05 bits per heavy atom. The van der Waals surface area contributed by atoms with Crippen molar-refractivity contribution in [3.05, 3.63) is 0 Å². The summed E-state index contributed by atoms with van der Waals surface area (Å²) in [4.78, 5) is 2.51. The minimum absolute atomic E-state index is 0.311.